The Morgan fingerprint density at radius 1 is 1.09 bits per heavy atom. The number of hydrogen-bond donors (Lipinski definition) is 2. The van der Waals surface area contributed by atoms with E-state index in [1.807, 2.05) is 5.38 Å². The minimum absolute atomic E-state index is 0.140. The van der Waals surface area contributed by atoms with Crippen LogP contribution in [0.2, 0.25) is 0 Å². The van der Waals surface area contributed by atoms with Gasteiger partial charge in [0.25, 0.3) is 15.9 Å². The third kappa shape index (κ3) is 5.50. The van der Waals surface area contributed by atoms with Crippen LogP contribution in [0.3, 0.4) is 0 Å². The first kappa shape index (κ1) is 22.4. The Kier molecular flexibility index (Phi) is 6.83. The number of amides is 1. The van der Waals surface area contributed by atoms with Gasteiger partial charge in [0.2, 0.25) is 0 Å². The SMILES string of the molecule is O=C(Nc1nc(CN2CCCCC2)cs1)c1cccc(S(=O)(=O)Nc2ccccc2F)c1. The lowest BCUT2D eigenvalue weighted by Crippen LogP contribution is -2.29. The quantitative estimate of drug-likeness (QED) is 0.532. The predicted octanol–water partition coefficient (Wildman–Crippen LogP) is 4.32. The number of aromatic nitrogens is 1. The second-order valence-corrected chi connectivity index (χ2v) is 10.1. The van der Waals surface area contributed by atoms with Crippen LogP contribution in [0.25, 0.3) is 0 Å². The molecule has 1 aromatic heterocycles. The van der Waals surface area contributed by atoms with Crippen LogP contribution in [0, 0.1) is 5.82 Å². The number of rotatable bonds is 7. The predicted molar refractivity (Wildman–Crippen MR) is 123 cm³/mol. The van der Waals surface area contributed by atoms with Crippen molar-refractivity contribution >= 4 is 38.1 Å². The number of benzene rings is 2. The van der Waals surface area contributed by atoms with Crippen LogP contribution in [0.4, 0.5) is 15.2 Å². The lowest BCUT2D eigenvalue weighted by molar-refractivity contribution is 0.102. The van der Waals surface area contributed by atoms with Gasteiger partial charge in [-0.05, 0) is 56.3 Å². The molecule has 3 aromatic rings. The summed E-state index contributed by atoms with van der Waals surface area (Å²) < 4.78 is 41.4. The highest BCUT2D eigenvalue weighted by Crippen LogP contribution is 2.22. The van der Waals surface area contributed by atoms with Crippen LogP contribution < -0.4 is 10.0 Å². The molecule has 4 rings (SSSR count). The van der Waals surface area contributed by atoms with Gasteiger partial charge in [0, 0.05) is 17.5 Å². The number of anilines is 2. The summed E-state index contributed by atoms with van der Waals surface area (Å²) in [4.78, 5) is 19.4. The molecule has 0 atom stereocenters. The van der Waals surface area contributed by atoms with Crippen molar-refractivity contribution in [3.8, 4) is 0 Å². The van der Waals surface area contributed by atoms with E-state index in [1.54, 1.807) is 0 Å². The zero-order valence-corrected chi connectivity index (χ0v) is 18.9. The first-order valence-corrected chi connectivity index (χ1v) is 12.6. The van der Waals surface area contributed by atoms with Gasteiger partial charge >= 0.3 is 0 Å². The summed E-state index contributed by atoms with van der Waals surface area (Å²) in [6.07, 6.45) is 3.65. The minimum Gasteiger partial charge on any atom is -0.298 e. The molecule has 0 radical (unpaired) electrons. The molecule has 1 aliphatic rings. The van der Waals surface area contributed by atoms with Crippen molar-refractivity contribution in [2.24, 2.45) is 0 Å². The molecule has 2 heterocycles. The maximum absolute atomic E-state index is 13.8. The molecule has 32 heavy (non-hydrogen) atoms. The van der Waals surface area contributed by atoms with Crippen molar-refractivity contribution < 1.29 is 17.6 Å². The van der Waals surface area contributed by atoms with Crippen molar-refractivity contribution in [3.05, 3.63) is 71.0 Å². The number of nitrogens with zero attached hydrogens (tertiary/aromatic N) is 2. The van der Waals surface area contributed by atoms with Gasteiger partial charge in [0.05, 0.1) is 16.3 Å². The van der Waals surface area contributed by atoms with Crippen LogP contribution in [0.5, 0.6) is 0 Å². The average Bonchev–Trinajstić information content (AvgIpc) is 3.22. The van der Waals surface area contributed by atoms with E-state index in [0.717, 1.165) is 31.4 Å². The summed E-state index contributed by atoms with van der Waals surface area (Å²) in [6.45, 7) is 2.87. The Labute approximate surface area is 190 Å². The van der Waals surface area contributed by atoms with Gasteiger partial charge in [-0.1, -0.05) is 24.6 Å². The Hall–Kier alpha value is -2.82. The number of carbonyl (C=O) groups is 1. The highest BCUT2D eigenvalue weighted by Gasteiger charge is 2.19. The fourth-order valence-electron chi connectivity index (χ4n) is 3.51. The lowest BCUT2D eigenvalue weighted by Gasteiger charge is -2.25. The van der Waals surface area contributed by atoms with Crippen molar-refractivity contribution in [1.82, 2.24) is 9.88 Å². The first-order chi connectivity index (χ1) is 15.4. The largest absolute Gasteiger partial charge is 0.298 e. The summed E-state index contributed by atoms with van der Waals surface area (Å²) in [7, 11) is -4.07. The normalized spacial score (nSPS) is 14.8. The second-order valence-electron chi connectivity index (χ2n) is 7.55. The fourth-order valence-corrected chi connectivity index (χ4v) is 5.31. The topological polar surface area (TPSA) is 91.4 Å². The molecule has 168 valence electrons. The molecule has 0 aliphatic carbocycles. The number of sulfonamides is 1. The third-order valence-corrected chi connectivity index (χ3v) is 7.30. The molecule has 0 saturated carbocycles. The number of hydrogen-bond acceptors (Lipinski definition) is 6. The van der Waals surface area contributed by atoms with Gasteiger partial charge < -0.3 is 0 Å². The Morgan fingerprint density at radius 2 is 1.88 bits per heavy atom. The van der Waals surface area contributed by atoms with Crippen LogP contribution in [0.15, 0.2) is 58.8 Å². The molecule has 1 aliphatic heterocycles. The molecule has 1 fully saturated rings. The van der Waals surface area contributed by atoms with E-state index in [1.165, 1.54) is 73.1 Å². The highest BCUT2D eigenvalue weighted by atomic mass is 32.2. The smallest absolute Gasteiger partial charge is 0.262 e. The molecule has 1 amide bonds. The van der Waals surface area contributed by atoms with Crippen LogP contribution in [0.1, 0.15) is 35.3 Å². The van der Waals surface area contributed by atoms with Crippen molar-refractivity contribution in [2.75, 3.05) is 23.1 Å². The van der Waals surface area contributed by atoms with Gasteiger partial charge in [-0.15, -0.1) is 11.3 Å². The summed E-state index contributed by atoms with van der Waals surface area (Å²) in [5.41, 5.74) is 0.901. The van der Waals surface area contributed by atoms with Crippen molar-refractivity contribution in [2.45, 2.75) is 30.7 Å². The van der Waals surface area contributed by atoms with E-state index < -0.39 is 21.7 Å². The van der Waals surface area contributed by atoms with Crippen LogP contribution >= 0.6 is 11.3 Å². The van der Waals surface area contributed by atoms with E-state index in [-0.39, 0.29) is 16.1 Å². The zero-order valence-electron chi connectivity index (χ0n) is 17.3. The number of nitrogens with one attached hydrogen (secondary N) is 2. The number of likely N-dealkylation sites (tertiary alicyclic amines) is 1. The fraction of sp³-hybridized carbons (Fsp3) is 0.273. The van der Waals surface area contributed by atoms with Crippen LogP contribution in [-0.4, -0.2) is 37.3 Å². The number of thiazole rings is 1. The second kappa shape index (κ2) is 9.76. The molecule has 2 N–H and O–H groups in total. The molecule has 10 heteroatoms. The first-order valence-electron chi connectivity index (χ1n) is 10.3. The zero-order chi connectivity index (χ0) is 22.6. The molecular formula is C22H23FN4O3S2. The lowest BCUT2D eigenvalue weighted by atomic mass is 10.1. The molecule has 1 saturated heterocycles. The van der Waals surface area contributed by atoms with Gasteiger partial charge in [-0.25, -0.2) is 17.8 Å². The van der Waals surface area contributed by atoms with Gasteiger partial charge in [-0.3, -0.25) is 19.7 Å². The van der Waals surface area contributed by atoms with E-state index >= 15 is 0 Å². The minimum atomic E-state index is -4.07. The van der Waals surface area contributed by atoms with E-state index in [9.17, 15) is 17.6 Å². The van der Waals surface area contributed by atoms with Gasteiger partial charge in [0.15, 0.2) is 5.13 Å². The van der Waals surface area contributed by atoms with E-state index in [2.05, 4.69) is 19.9 Å². The Morgan fingerprint density at radius 3 is 2.66 bits per heavy atom. The summed E-state index contributed by atoms with van der Waals surface area (Å²) >= 11 is 1.33. The number of para-hydroxylation sites is 1. The van der Waals surface area contributed by atoms with Crippen molar-refractivity contribution in [3.63, 3.8) is 0 Å². The number of halogens is 1. The Bertz CT molecular complexity index is 1210. The average molecular weight is 475 g/mol. The van der Waals surface area contributed by atoms with E-state index in [0.29, 0.717) is 5.13 Å². The summed E-state index contributed by atoms with van der Waals surface area (Å²) in [5.74, 6) is -1.15. The monoisotopic (exact) mass is 474 g/mol. The molecule has 7 nitrogen and oxygen atoms in total. The van der Waals surface area contributed by atoms with Crippen molar-refractivity contribution in [1.29, 1.82) is 0 Å². The maximum Gasteiger partial charge on any atom is 0.262 e. The summed E-state index contributed by atoms with van der Waals surface area (Å²) in [6, 6.07) is 11.1. The third-order valence-electron chi connectivity index (χ3n) is 5.13. The molecule has 0 unspecified atom stereocenters. The summed E-state index contributed by atoms with van der Waals surface area (Å²) in [5, 5.41) is 5.11. The Balaban J connectivity index is 1.44. The standard InChI is InChI=1S/C22H23FN4O3S2/c23-19-9-2-3-10-20(19)26-32(29,30)18-8-6-7-16(13-18)21(28)25-22-24-17(15-31-22)14-27-11-4-1-5-12-27/h2-3,6-10,13,15,26H,1,4-5,11-12,14H2,(H,24,25,28). The molecule has 0 spiro atoms. The molecule has 0 bridgehead atoms. The molecular weight excluding hydrogens is 451 g/mol. The van der Waals surface area contributed by atoms with Gasteiger partial charge in [-0.2, -0.15) is 0 Å². The van der Waals surface area contributed by atoms with Gasteiger partial charge in [0.1, 0.15) is 5.82 Å². The molecule has 2 aromatic carbocycles. The maximum atomic E-state index is 13.8. The number of carbonyl (C=O) groups excluding carboxylic acids is 1. The van der Waals surface area contributed by atoms with Crippen LogP contribution in [-0.2, 0) is 16.6 Å². The van der Waals surface area contributed by atoms with E-state index in [4.69, 9.17) is 0 Å². The highest BCUT2D eigenvalue weighted by molar-refractivity contribution is 7.92. The number of piperidine rings is 1.